The van der Waals surface area contributed by atoms with Crippen molar-refractivity contribution in [3.8, 4) is 5.75 Å². The molecule has 1 aliphatic rings. The van der Waals surface area contributed by atoms with E-state index in [0.29, 0.717) is 12.3 Å². The Morgan fingerprint density at radius 2 is 2.00 bits per heavy atom. The first-order chi connectivity index (χ1) is 12.5. The molecule has 0 aromatic heterocycles. The number of aliphatic hydroxyl groups excluding tert-OH is 1. The summed E-state index contributed by atoms with van der Waals surface area (Å²) in [5.41, 5.74) is 1.07. The molecule has 1 amide bonds. The van der Waals surface area contributed by atoms with Crippen molar-refractivity contribution in [3.05, 3.63) is 35.5 Å². The lowest BCUT2D eigenvalue weighted by Crippen LogP contribution is -2.31. The van der Waals surface area contributed by atoms with Crippen molar-refractivity contribution in [3.63, 3.8) is 0 Å². The van der Waals surface area contributed by atoms with E-state index < -0.39 is 5.97 Å². The van der Waals surface area contributed by atoms with Crippen LogP contribution in [0.2, 0.25) is 0 Å². The average Bonchev–Trinajstić information content (AvgIpc) is 2.92. The first-order valence-corrected chi connectivity index (χ1v) is 8.32. The van der Waals surface area contributed by atoms with Crippen LogP contribution in [0.25, 0.3) is 0 Å². The third-order valence-corrected chi connectivity index (χ3v) is 3.88. The summed E-state index contributed by atoms with van der Waals surface area (Å²) in [6.07, 6.45) is 0. The van der Waals surface area contributed by atoms with Gasteiger partial charge in [-0.1, -0.05) is 0 Å². The number of rotatable bonds is 9. The second kappa shape index (κ2) is 9.21. The summed E-state index contributed by atoms with van der Waals surface area (Å²) in [6.45, 7) is 1.48. The van der Waals surface area contributed by atoms with Crippen LogP contribution < -0.4 is 10.1 Å². The van der Waals surface area contributed by atoms with Crippen molar-refractivity contribution in [2.75, 3.05) is 59.4 Å². The van der Waals surface area contributed by atoms with Crippen molar-refractivity contribution in [1.82, 2.24) is 9.80 Å². The predicted molar refractivity (Wildman–Crippen MR) is 96.8 cm³/mol. The Morgan fingerprint density at radius 1 is 1.31 bits per heavy atom. The molecule has 0 atom stereocenters. The molecule has 0 radical (unpaired) electrons. The zero-order valence-corrected chi connectivity index (χ0v) is 15.3. The molecule has 0 bridgehead atoms. The Kier molecular flexibility index (Phi) is 6.99. The minimum atomic E-state index is -0.565. The van der Waals surface area contributed by atoms with E-state index in [4.69, 9.17) is 14.6 Å². The third kappa shape index (κ3) is 4.96. The first-order valence-electron chi connectivity index (χ1n) is 8.32. The fourth-order valence-corrected chi connectivity index (χ4v) is 2.47. The number of likely N-dealkylation sites (N-methyl/N-ethyl adjacent to an activating group) is 1. The number of hydrogen-bond donors (Lipinski definition) is 2. The summed E-state index contributed by atoms with van der Waals surface area (Å²) in [5.74, 6) is -0.185. The van der Waals surface area contributed by atoms with Gasteiger partial charge in [-0.3, -0.25) is 4.79 Å². The number of methoxy groups -OCH3 is 1. The molecule has 0 aliphatic carbocycles. The van der Waals surface area contributed by atoms with Gasteiger partial charge in [0, 0.05) is 18.8 Å². The molecular weight excluding hydrogens is 338 g/mol. The molecule has 8 heteroatoms. The van der Waals surface area contributed by atoms with E-state index in [2.05, 4.69) is 5.32 Å². The smallest absolute Gasteiger partial charge is 0.337 e. The van der Waals surface area contributed by atoms with Gasteiger partial charge in [-0.2, -0.15) is 0 Å². The van der Waals surface area contributed by atoms with Crippen molar-refractivity contribution >= 4 is 17.6 Å². The van der Waals surface area contributed by atoms with Crippen LogP contribution in [0, 0.1) is 0 Å². The topological polar surface area (TPSA) is 91.3 Å². The standard InChI is InChI=1S/C18H25N3O5/c1-20(2)9-11-26-14-6-4-13(5-7-14)19-16-15(18(24)25-3)12-21(8-10-22)17(16)23/h4-7,19,22H,8-12H2,1-3H3. The average molecular weight is 363 g/mol. The molecule has 1 aromatic rings. The number of anilines is 1. The minimum absolute atomic E-state index is 0.111. The quantitative estimate of drug-likeness (QED) is 0.610. The highest BCUT2D eigenvalue weighted by Gasteiger charge is 2.34. The van der Waals surface area contributed by atoms with Gasteiger partial charge in [0.05, 0.1) is 25.8 Å². The molecule has 2 N–H and O–H groups in total. The molecule has 0 saturated heterocycles. The number of benzene rings is 1. The number of amides is 1. The Bertz CT molecular complexity index is 670. The van der Waals surface area contributed by atoms with Gasteiger partial charge in [-0.15, -0.1) is 0 Å². The van der Waals surface area contributed by atoms with Gasteiger partial charge in [0.1, 0.15) is 18.1 Å². The molecular formula is C18H25N3O5. The zero-order chi connectivity index (χ0) is 19.1. The fourth-order valence-electron chi connectivity index (χ4n) is 2.47. The Balaban J connectivity index is 2.08. The summed E-state index contributed by atoms with van der Waals surface area (Å²) < 4.78 is 10.4. The summed E-state index contributed by atoms with van der Waals surface area (Å²) in [4.78, 5) is 27.8. The van der Waals surface area contributed by atoms with Gasteiger partial charge in [0.25, 0.3) is 5.91 Å². The highest BCUT2D eigenvalue weighted by molar-refractivity contribution is 6.08. The van der Waals surface area contributed by atoms with Crippen molar-refractivity contribution in [1.29, 1.82) is 0 Å². The van der Waals surface area contributed by atoms with Crippen LogP contribution in [0.1, 0.15) is 0 Å². The van der Waals surface area contributed by atoms with E-state index in [0.717, 1.165) is 12.3 Å². The number of hydrogen-bond acceptors (Lipinski definition) is 7. The summed E-state index contributed by atoms with van der Waals surface area (Å²) in [6, 6.07) is 7.13. The van der Waals surface area contributed by atoms with E-state index in [1.807, 2.05) is 19.0 Å². The molecule has 142 valence electrons. The van der Waals surface area contributed by atoms with Gasteiger partial charge < -0.3 is 29.7 Å². The number of carbonyl (C=O) groups excluding carboxylic acids is 2. The fraction of sp³-hybridized carbons (Fsp3) is 0.444. The Hall–Kier alpha value is -2.58. The number of nitrogens with zero attached hydrogens (tertiary/aromatic N) is 2. The van der Waals surface area contributed by atoms with Crippen molar-refractivity contribution < 1.29 is 24.2 Å². The molecule has 1 aromatic carbocycles. The van der Waals surface area contributed by atoms with E-state index in [-0.39, 0.29) is 36.9 Å². The van der Waals surface area contributed by atoms with Gasteiger partial charge >= 0.3 is 5.97 Å². The van der Waals surface area contributed by atoms with E-state index >= 15 is 0 Å². The lowest BCUT2D eigenvalue weighted by molar-refractivity contribution is -0.136. The van der Waals surface area contributed by atoms with Crippen molar-refractivity contribution in [2.45, 2.75) is 0 Å². The maximum atomic E-state index is 12.5. The summed E-state index contributed by atoms with van der Waals surface area (Å²) in [5, 5.41) is 12.1. The maximum absolute atomic E-state index is 12.5. The molecule has 26 heavy (non-hydrogen) atoms. The molecule has 1 aliphatic heterocycles. The van der Waals surface area contributed by atoms with Crippen LogP contribution in [-0.4, -0.2) is 80.8 Å². The molecule has 0 saturated carbocycles. The minimum Gasteiger partial charge on any atom is -0.492 e. The van der Waals surface area contributed by atoms with Gasteiger partial charge in [-0.05, 0) is 38.4 Å². The third-order valence-electron chi connectivity index (χ3n) is 3.88. The number of ether oxygens (including phenoxy) is 2. The van der Waals surface area contributed by atoms with Crippen LogP contribution in [0.3, 0.4) is 0 Å². The molecule has 0 spiro atoms. The largest absolute Gasteiger partial charge is 0.492 e. The second-order valence-corrected chi connectivity index (χ2v) is 6.10. The highest BCUT2D eigenvalue weighted by Crippen LogP contribution is 2.24. The summed E-state index contributed by atoms with van der Waals surface area (Å²) in [7, 11) is 5.22. The Labute approximate surface area is 153 Å². The van der Waals surface area contributed by atoms with Gasteiger partial charge in [-0.25, -0.2) is 4.79 Å². The number of nitrogens with one attached hydrogen (secondary N) is 1. The molecule has 8 nitrogen and oxygen atoms in total. The number of esters is 1. The SMILES string of the molecule is COC(=O)C1=C(Nc2ccc(OCCN(C)C)cc2)C(=O)N(CCO)C1. The first kappa shape index (κ1) is 19.7. The van der Waals surface area contributed by atoms with Gasteiger partial charge in [0.15, 0.2) is 0 Å². The summed E-state index contributed by atoms with van der Waals surface area (Å²) >= 11 is 0. The highest BCUT2D eigenvalue weighted by atomic mass is 16.5. The molecule has 1 heterocycles. The van der Waals surface area contributed by atoms with E-state index in [1.54, 1.807) is 24.3 Å². The zero-order valence-electron chi connectivity index (χ0n) is 15.3. The molecule has 2 rings (SSSR count). The van der Waals surface area contributed by atoms with Crippen LogP contribution in [0.4, 0.5) is 5.69 Å². The van der Waals surface area contributed by atoms with Crippen LogP contribution in [0.15, 0.2) is 35.5 Å². The molecule has 0 unspecified atom stereocenters. The number of aliphatic hydroxyl groups is 1. The Morgan fingerprint density at radius 3 is 2.58 bits per heavy atom. The predicted octanol–water partition coefficient (Wildman–Crippen LogP) is 0.301. The van der Waals surface area contributed by atoms with Crippen LogP contribution in [-0.2, 0) is 14.3 Å². The lowest BCUT2D eigenvalue weighted by Gasteiger charge is -2.15. The monoisotopic (exact) mass is 363 g/mol. The van der Waals surface area contributed by atoms with Crippen molar-refractivity contribution in [2.24, 2.45) is 0 Å². The van der Waals surface area contributed by atoms with Gasteiger partial charge in [0.2, 0.25) is 0 Å². The van der Waals surface area contributed by atoms with Crippen LogP contribution >= 0.6 is 0 Å². The van der Waals surface area contributed by atoms with Crippen LogP contribution in [0.5, 0.6) is 5.75 Å². The maximum Gasteiger partial charge on any atom is 0.337 e. The lowest BCUT2D eigenvalue weighted by atomic mass is 10.2. The number of carbonyl (C=O) groups is 2. The normalized spacial score (nSPS) is 14.2. The van der Waals surface area contributed by atoms with E-state index in [9.17, 15) is 9.59 Å². The van der Waals surface area contributed by atoms with E-state index in [1.165, 1.54) is 12.0 Å². The second-order valence-electron chi connectivity index (χ2n) is 6.10. The molecule has 0 fully saturated rings. The number of β-amino-alcohol motifs (C(OH)–C–C–N with tert-alkyl or cyclic N) is 1.